The third-order valence-electron chi connectivity index (χ3n) is 2.67. The Labute approximate surface area is 107 Å². The molecule has 0 aliphatic heterocycles. The van der Waals surface area contributed by atoms with Crippen molar-refractivity contribution in [1.82, 2.24) is 19.3 Å². The Balaban J connectivity index is 2.02. The molecule has 0 unspecified atom stereocenters. The van der Waals surface area contributed by atoms with Crippen molar-refractivity contribution in [3.63, 3.8) is 0 Å². The Morgan fingerprint density at radius 2 is 2.33 bits per heavy atom. The fraction of sp³-hybridized carbons (Fsp3) is 0.500. The number of aromatic nitrogens is 4. The molecule has 98 valence electrons. The highest BCUT2D eigenvalue weighted by Gasteiger charge is 2.06. The Morgan fingerprint density at radius 1 is 1.44 bits per heavy atom. The zero-order valence-electron chi connectivity index (χ0n) is 10.8. The van der Waals surface area contributed by atoms with E-state index in [1.54, 1.807) is 13.3 Å². The van der Waals surface area contributed by atoms with Gasteiger partial charge in [-0.15, -0.1) is 0 Å². The van der Waals surface area contributed by atoms with Crippen molar-refractivity contribution in [2.24, 2.45) is 0 Å². The van der Waals surface area contributed by atoms with Crippen LogP contribution in [0.1, 0.15) is 13.3 Å². The van der Waals surface area contributed by atoms with Crippen LogP contribution >= 0.6 is 0 Å². The molecule has 0 amide bonds. The Kier molecular flexibility index (Phi) is 4.35. The highest BCUT2D eigenvalue weighted by atomic mass is 16.5. The van der Waals surface area contributed by atoms with Gasteiger partial charge in [0.1, 0.15) is 0 Å². The molecule has 6 heteroatoms. The summed E-state index contributed by atoms with van der Waals surface area (Å²) < 4.78 is 8.90. The Morgan fingerprint density at radius 3 is 3.06 bits per heavy atom. The monoisotopic (exact) mass is 249 g/mol. The molecule has 0 saturated heterocycles. The smallest absolute Gasteiger partial charge is 0.207 e. The molecular weight excluding hydrogens is 230 g/mol. The van der Waals surface area contributed by atoms with E-state index in [-0.39, 0.29) is 0 Å². The first-order valence-corrected chi connectivity index (χ1v) is 6.14. The summed E-state index contributed by atoms with van der Waals surface area (Å²) in [6, 6.07) is 0. The molecular formula is C12H19N5O. The molecule has 0 aliphatic carbocycles. The first kappa shape index (κ1) is 12.6. The molecule has 1 N–H and O–H groups in total. The zero-order chi connectivity index (χ0) is 12.8. The minimum absolute atomic E-state index is 0.751. The Bertz CT molecular complexity index is 476. The van der Waals surface area contributed by atoms with Crippen LogP contribution in [0.15, 0.2) is 24.8 Å². The summed E-state index contributed by atoms with van der Waals surface area (Å²) in [5.41, 5.74) is 1.02. The predicted molar refractivity (Wildman–Crippen MR) is 70.0 cm³/mol. The number of rotatable bonds is 7. The SMILES string of the molecule is CCn1cc(-n2ccnc2NCCCOC)cn1. The van der Waals surface area contributed by atoms with Crippen LogP contribution in [0.4, 0.5) is 5.95 Å². The lowest BCUT2D eigenvalue weighted by Crippen LogP contribution is -2.09. The molecule has 2 aromatic heterocycles. The second kappa shape index (κ2) is 6.20. The van der Waals surface area contributed by atoms with Crippen molar-refractivity contribution in [3.8, 4) is 5.69 Å². The third kappa shape index (κ3) is 2.89. The molecule has 18 heavy (non-hydrogen) atoms. The average Bonchev–Trinajstić information content (AvgIpc) is 3.02. The number of aryl methyl sites for hydroxylation is 1. The number of methoxy groups -OCH3 is 1. The molecule has 0 saturated carbocycles. The molecule has 2 rings (SSSR count). The van der Waals surface area contributed by atoms with E-state index >= 15 is 0 Å². The maximum Gasteiger partial charge on any atom is 0.207 e. The number of nitrogens with zero attached hydrogens (tertiary/aromatic N) is 4. The predicted octanol–water partition coefficient (Wildman–Crippen LogP) is 1.54. The second-order valence-electron chi connectivity index (χ2n) is 3.95. The highest BCUT2D eigenvalue weighted by molar-refractivity contribution is 5.39. The van der Waals surface area contributed by atoms with Crippen LogP contribution in [0.2, 0.25) is 0 Å². The van der Waals surface area contributed by atoms with Crippen molar-refractivity contribution < 1.29 is 4.74 Å². The summed E-state index contributed by atoms with van der Waals surface area (Å²) in [6.45, 7) is 4.52. The van der Waals surface area contributed by atoms with Gasteiger partial charge in [-0.2, -0.15) is 5.10 Å². The van der Waals surface area contributed by atoms with E-state index in [1.165, 1.54) is 0 Å². The summed E-state index contributed by atoms with van der Waals surface area (Å²) in [4.78, 5) is 4.30. The molecule has 0 aliphatic rings. The molecule has 0 radical (unpaired) electrons. The molecule has 0 atom stereocenters. The van der Waals surface area contributed by atoms with Gasteiger partial charge in [0.15, 0.2) is 0 Å². The van der Waals surface area contributed by atoms with Gasteiger partial charge >= 0.3 is 0 Å². The van der Waals surface area contributed by atoms with Gasteiger partial charge in [0.25, 0.3) is 0 Å². The number of hydrogen-bond donors (Lipinski definition) is 1. The summed E-state index contributed by atoms with van der Waals surface area (Å²) >= 11 is 0. The minimum Gasteiger partial charge on any atom is -0.385 e. The Hall–Kier alpha value is -1.82. The third-order valence-corrected chi connectivity index (χ3v) is 2.67. The fourth-order valence-electron chi connectivity index (χ4n) is 1.71. The summed E-state index contributed by atoms with van der Waals surface area (Å²) in [6.07, 6.45) is 8.50. The quantitative estimate of drug-likeness (QED) is 0.756. The molecule has 0 aromatic carbocycles. The van der Waals surface area contributed by atoms with E-state index in [4.69, 9.17) is 4.74 Å². The van der Waals surface area contributed by atoms with E-state index in [2.05, 4.69) is 22.3 Å². The van der Waals surface area contributed by atoms with Crippen LogP contribution in [-0.2, 0) is 11.3 Å². The lowest BCUT2D eigenvalue weighted by atomic mass is 10.4. The molecule has 6 nitrogen and oxygen atoms in total. The topological polar surface area (TPSA) is 56.9 Å². The fourth-order valence-corrected chi connectivity index (χ4v) is 1.71. The maximum absolute atomic E-state index is 5.01. The van der Waals surface area contributed by atoms with Gasteiger partial charge in [-0.05, 0) is 13.3 Å². The largest absolute Gasteiger partial charge is 0.385 e. The summed E-state index contributed by atoms with van der Waals surface area (Å²) in [5.74, 6) is 0.835. The van der Waals surface area contributed by atoms with Gasteiger partial charge in [-0.3, -0.25) is 9.25 Å². The van der Waals surface area contributed by atoms with E-state index in [9.17, 15) is 0 Å². The van der Waals surface area contributed by atoms with Crippen LogP contribution in [0.3, 0.4) is 0 Å². The van der Waals surface area contributed by atoms with E-state index < -0.39 is 0 Å². The van der Waals surface area contributed by atoms with Crippen molar-refractivity contribution in [3.05, 3.63) is 24.8 Å². The number of imidazole rings is 1. The van der Waals surface area contributed by atoms with Crippen LogP contribution in [0.5, 0.6) is 0 Å². The molecule has 2 heterocycles. The van der Waals surface area contributed by atoms with Crippen LogP contribution < -0.4 is 5.32 Å². The van der Waals surface area contributed by atoms with E-state index in [1.807, 2.05) is 27.8 Å². The van der Waals surface area contributed by atoms with Crippen molar-refractivity contribution in [2.45, 2.75) is 19.9 Å². The molecule has 0 bridgehead atoms. The normalized spacial score (nSPS) is 10.8. The van der Waals surface area contributed by atoms with Gasteiger partial charge in [-0.1, -0.05) is 0 Å². The lowest BCUT2D eigenvalue weighted by molar-refractivity contribution is 0.197. The maximum atomic E-state index is 5.01. The summed E-state index contributed by atoms with van der Waals surface area (Å²) in [7, 11) is 1.71. The number of anilines is 1. The average molecular weight is 249 g/mol. The zero-order valence-corrected chi connectivity index (χ0v) is 10.8. The molecule has 2 aromatic rings. The molecule has 0 spiro atoms. The van der Waals surface area contributed by atoms with Crippen LogP contribution in [-0.4, -0.2) is 39.6 Å². The van der Waals surface area contributed by atoms with E-state index in [0.717, 1.165) is 37.8 Å². The van der Waals surface area contributed by atoms with E-state index in [0.29, 0.717) is 0 Å². The number of ether oxygens (including phenoxy) is 1. The molecule has 0 fully saturated rings. The minimum atomic E-state index is 0.751. The lowest BCUT2D eigenvalue weighted by Gasteiger charge is -2.07. The standard InChI is InChI=1S/C12H19N5O/c1-3-16-10-11(9-15-16)17-7-6-14-12(17)13-5-4-8-18-2/h6-7,9-10H,3-5,8H2,1-2H3,(H,13,14). The number of nitrogens with one attached hydrogen (secondary N) is 1. The van der Waals surface area contributed by atoms with Crippen LogP contribution in [0.25, 0.3) is 5.69 Å². The highest BCUT2D eigenvalue weighted by Crippen LogP contribution is 2.13. The van der Waals surface area contributed by atoms with Gasteiger partial charge in [0.05, 0.1) is 11.9 Å². The van der Waals surface area contributed by atoms with Crippen LogP contribution in [0, 0.1) is 0 Å². The van der Waals surface area contributed by atoms with Crippen molar-refractivity contribution in [1.29, 1.82) is 0 Å². The van der Waals surface area contributed by atoms with Gasteiger partial charge in [0, 0.05) is 45.4 Å². The van der Waals surface area contributed by atoms with Gasteiger partial charge in [0.2, 0.25) is 5.95 Å². The van der Waals surface area contributed by atoms with Gasteiger partial charge < -0.3 is 10.1 Å². The van der Waals surface area contributed by atoms with Gasteiger partial charge in [-0.25, -0.2) is 4.98 Å². The first-order valence-electron chi connectivity index (χ1n) is 6.14. The van der Waals surface area contributed by atoms with Crippen molar-refractivity contribution >= 4 is 5.95 Å². The van der Waals surface area contributed by atoms with Crippen molar-refractivity contribution in [2.75, 3.05) is 25.6 Å². The second-order valence-corrected chi connectivity index (χ2v) is 3.95. The number of hydrogen-bond acceptors (Lipinski definition) is 4. The summed E-state index contributed by atoms with van der Waals surface area (Å²) in [5, 5.41) is 7.55. The first-order chi connectivity index (χ1) is 8.85.